The van der Waals surface area contributed by atoms with Crippen LogP contribution in [0.4, 0.5) is 0 Å². The van der Waals surface area contributed by atoms with Crippen LogP contribution in [0.25, 0.3) is 0 Å². The molecular weight excluding hydrogens is 152 g/mol. The van der Waals surface area contributed by atoms with E-state index in [1.165, 1.54) is 0 Å². The van der Waals surface area contributed by atoms with E-state index in [1.807, 2.05) is 6.92 Å². The molecule has 0 spiro atoms. The number of hydrogen-bond acceptors (Lipinski definition) is 2. The van der Waals surface area contributed by atoms with E-state index in [0.717, 1.165) is 6.42 Å². The molecule has 1 saturated heterocycles. The zero-order chi connectivity index (χ0) is 9.30. The smallest absolute Gasteiger partial charge is 0.0640 e. The predicted molar refractivity (Wildman–Crippen MR) is 49.0 cm³/mol. The van der Waals surface area contributed by atoms with Gasteiger partial charge < -0.3 is 9.84 Å². The van der Waals surface area contributed by atoms with Crippen molar-refractivity contribution in [1.29, 1.82) is 0 Å². The van der Waals surface area contributed by atoms with E-state index in [-0.39, 0.29) is 30.1 Å². The molecule has 0 aliphatic carbocycles. The zero-order valence-electron chi connectivity index (χ0n) is 8.45. The third-order valence-electron chi connectivity index (χ3n) is 3.20. The standard InChI is InChI=1S/C10H20O2/c1-5-9-7(3)10(11)6(2)8(4)12-9/h6-11H,5H2,1-4H3/t6-,7-,8-,9-,10-/m1/s1. The largest absolute Gasteiger partial charge is 0.392 e. The average Bonchev–Trinajstić information content (AvgIpc) is 2.08. The lowest BCUT2D eigenvalue weighted by Gasteiger charge is -2.41. The predicted octanol–water partition coefficient (Wildman–Crippen LogP) is 1.82. The van der Waals surface area contributed by atoms with Gasteiger partial charge in [-0.25, -0.2) is 0 Å². The normalized spacial score (nSPS) is 49.2. The quantitative estimate of drug-likeness (QED) is 0.653. The van der Waals surface area contributed by atoms with Crippen LogP contribution in [0.5, 0.6) is 0 Å². The van der Waals surface area contributed by atoms with Gasteiger partial charge in [0.2, 0.25) is 0 Å². The lowest BCUT2D eigenvalue weighted by Crippen LogP contribution is -2.47. The van der Waals surface area contributed by atoms with Crippen molar-refractivity contribution in [2.75, 3.05) is 0 Å². The Morgan fingerprint density at radius 2 is 1.75 bits per heavy atom. The Labute approximate surface area is 74.9 Å². The summed E-state index contributed by atoms with van der Waals surface area (Å²) in [7, 11) is 0. The highest BCUT2D eigenvalue weighted by Gasteiger charge is 2.37. The number of rotatable bonds is 1. The van der Waals surface area contributed by atoms with Crippen LogP contribution in [0.3, 0.4) is 0 Å². The molecule has 1 heterocycles. The van der Waals surface area contributed by atoms with E-state index in [9.17, 15) is 5.11 Å². The SMILES string of the molecule is CC[C@H]1O[C@H](C)[C@@H](C)[C@@H](O)[C@@H]1C. The Bertz CT molecular complexity index is 142. The molecule has 1 aliphatic rings. The molecule has 2 heteroatoms. The summed E-state index contributed by atoms with van der Waals surface area (Å²) in [6, 6.07) is 0. The summed E-state index contributed by atoms with van der Waals surface area (Å²) in [4.78, 5) is 0. The van der Waals surface area contributed by atoms with Crippen molar-refractivity contribution in [3.8, 4) is 0 Å². The van der Waals surface area contributed by atoms with Gasteiger partial charge >= 0.3 is 0 Å². The number of ether oxygens (including phenoxy) is 1. The Hall–Kier alpha value is -0.0800. The maximum absolute atomic E-state index is 9.84. The Morgan fingerprint density at radius 3 is 2.25 bits per heavy atom. The minimum atomic E-state index is -0.196. The first-order chi connectivity index (χ1) is 5.57. The van der Waals surface area contributed by atoms with Crippen molar-refractivity contribution in [3.05, 3.63) is 0 Å². The van der Waals surface area contributed by atoms with Gasteiger partial charge in [-0.3, -0.25) is 0 Å². The first-order valence-electron chi connectivity index (χ1n) is 4.91. The van der Waals surface area contributed by atoms with Crippen LogP contribution in [0.2, 0.25) is 0 Å². The van der Waals surface area contributed by atoms with Crippen LogP contribution in [0.15, 0.2) is 0 Å². The van der Waals surface area contributed by atoms with Gasteiger partial charge in [0.1, 0.15) is 0 Å². The van der Waals surface area contributed by atoms with Gasteiger partial charge in [-0.05, 0) is 13.3 Å². The highest BCUT2D eigenvalue weighted by atomic mass is 16.5. The highest BCUT2D eigenvalue weighted by Crippen LogP contribution is 2.30. The first-order valence-corrected chi connectivity index (χ1v) is 4.91. The number of hydrogen-bond donors (Lipinski definition) is 1. The van der Waals surface area contributed by atoms with E-state index in [2.05, 4.69) is 20.8 Å². The summed E-state index contributed by atoms with van der Waals surface area (Å²) < 4.78 is 5.77. The van der Waals surface area contributed by atoms with Gasteiger partial charge in [-0.2, -0.15) is 0 Å². The fourth-order valence-corrected chi connectivity index (χ4v) is 1.97. The average molecular weight is 172 g/mol. The van der Waals surface area contributed by atoms with Crippen molar-refractivity contribution in [3.63, 3.8) is 0 Å². The molecule has 0 unspecified atom stereocenters. The van der Waals surface area contributed by atoms with Crippen LogP contribution in [0.1, 0.15) is 34.1 Å². The molecule has 5 atom stereocenters. The molecule has 0 aromatic carbocycles. The van der Waals surface area contributed by atoms with Crippen molar-refractivity contribution in [2.45, 2.75) is 52.4 Å². The molecule has 1 N–H and O–H groups in total. The summed E-state index contributed by atoms with van der Waals surface area (Å²) in [6.45, 7) is 8.28. The monoisotopic (exact) mass is 172 g/mol. The second kappa shape index (κ2) is 3.75. The third-order valence-corrected chi connectivity index (χ3v) is 3.20. The molecule has 72 valence electrons. The first kappa shape index (κ1) is 10.0. The van der Waals surface area contributed by atoms with Crippen molar-refractivity contribution in [1.82, 2.24) is 0 Å². The van der Waals surface area contributed by atoms with Crippen LogP contribution >= 0.6 is 0 Å². The molecule has 0 aromatic heterocycles. The molecule has 0 radical (unpaired) electrons. The zero-order valence-corrected chi connectivity index (χ0v) is 8.45. The van der Waals surface area contributed by atoms with Gasteiger partial charge in [-0.15, -0.1) is 0 Å². The number of aliphatic hydroxyl groups is 1. The summed E-state index contributed by atoms with van der Waals surface area (Å²) in [5.74, 6) is 0.545. The van der Waals surface area contributed by atoms with Gasteiger partial charge in [0, 0.05) is 11.8 Å². The summed E-state index contributed by atoms with van der Waals surface area (Å²) in [5, 5.41) is 9.84. The second-order valence-corrected chi connectivity index (χ2v) is 4.00. The third kappa shape index (κ3) is 1.64. The van der Waals surface area contributed by atoms with E-state index in [1.54, 1.807) is 0 Å². The van der Waals surface area contributed by atoms with Gasteiger partial charge in [0.25, 0.3) is 0 Å². The van der Waals surface area contributed by atoms with Crippen LogP contribution in [-0.2, 0) is 4.74 Å². The minimum Gasteiger partial charge on any atom is -0.392 e. The van der Waals surface area contributed by atoms with E-state index < -0.39 is 0 Å². The van der Waals surface area contributed by atoms with E-state index in [0.29, 0.717) is 0 Å². The number of aliphatic hydroxyl groups excluding tert-OH is 1. The van der Waals surface area contributed by atoms with E-state index in [4.69, 9.17) is 4.74 Å². The van der Waals surface area contributed by atoms with Crippen molar-refractivity contribution in [2.24, 2.45) is 11.8 Å². The Kier molecular flexibility index (Phi) is 3.13. The summed E-state index contributed by atoms with van der Waals surface area (Å²) in [6.07, 6.45) is 1.24. The maximum atomic E-state index is 9.84. The molecule has 1 aliphatic heterocycles. The van der Waals surface area contributed by atoms with Gasteiger partial charge in [0.05, 0.1) is 18.3 Å². The summed E-state index contributed by atoms with van der Waals surface area (Å²) >= 11 is 0. The minimum absolute atomic E-state index is 0.196. The van der Waals surface area contributed by atoms with Crippen LogP contribution in [0, 0.1) is 11.8 Å². The van der Waals surface area contributed by atoms with Gasteiger partial charge in [0.15, 0.2) is 0 Å². The lowest BCUT2D eigenvalue weighted by atomic mass is 9.82. The topological polar surface area (TPSA) is 29.5 Å². The van der Waals surface area contributed by atoms with Crippen molar-refractivity contribution >= 4 is 0 Å². The lowest BCUT2D eigenvalue weighted by molar-refractivity contribution is -0.157. The molecule has 0 bridgehead atoms. The molecule has 1 rings (SSSR count). The fraction of sp³-hybridized carbons (Fsp3) is 1.00. The van der Waals surface area contributed by atoms with Crippen LogP contribution < -0.4 is 0 Å². The second-order valence-electron chi connectivity index (χ2n) is 4.00. The van der Waals surface area contributed by atoms with Crippen LogP contribution in [-0.4, -0.2) is 23.4 Å². The van der Waals surface area contributed by atoms with Gasteiger partial charge in [-0.1, -0.05) is 20.8 Å². The van der Waals surface area contributed by atoms with Crippen molar-refractivity contribution < 1.29 is 9.84 Å². The molecule has 0 aromatic rings. The van der Waals surface area contributed by atoms with E-state index >= 15 is 0 Å². The molecule has 1 fully saturated rings. The fourth-order valence-electron chi connectivity index (χ4n) is 1.97. The Balaban J connectivity index is 2.63. The molecule has 0 amide bonds. The Morgan fingerprint density at radius 1 is 1.17 bits per heavy atom. The highest BCUT2D eigenvalue weighted by molar-refractivity contribution is 4.85. The molecule has 12 heavy (non-hydrogen) atoms. The summed E-state index contributed by atoms with van der Waals surface area (Å²) in [5.41, 5.74) is 0. The molecular formula is C10H20O2. The maximum Gasteiger partial charge on any atom is 0.0640 e. The molecule has 2 nitrogen and oxygen atoms in total. The molecule has 0 saturated carbocycles.